The van der Waals surface area contributed by atoms with Crippen LogP contribution in [0.3, 0.4) is 0 Å². The third-order valence-corrected chi connectivity index (χ3v) is 3.18. The standard InChI is InChI=1S/C15H15BFNO3/c1-9-3-4-10(2)14(7-9)18-15(19)12-6-5-11(16(20)21)8-13(12)17/h3-8,20-21H,1-2H3,(H,18,19). The molecule has 2 aromatic rings. The molecule has 0 saturated heterocycles. The van der Waals surface area contributed by atoms with Gasteiger partial charge in [-0.05, 0) is 48.6 Å². The fourth-order valence-electron chi connectivity index (χ4n) is 1.94. The Kier molecular flexibility index (Phi) is 4.40. The zero-order valence-corrected chi connectivity index (χ0v) is 11.7. The molecule has 2 rings (SSSR count). The van der Waals surface area contributed by atoms with E-state index in [0.717, 1.165) is 17.2 Å². The number of amides is 1. The van der Waals surface area contributed by atoms with Crippen molar-refractivity contribution in [1.82, 2.24) is 0 Å². The van der Waals surface area contributed by atoms with Gasteiger partial charge in [0.25, 0.3) is 5.91 Å². The van der Waals surface area contributed by atoms with Crippen molar-refractivity contribution in [2.45, 2.75) is 13.8 Å². The lowest BCUT2D eigenvalue weighted by Crippen LogP contribution is -2.30. The fourth-order valence-corrected chi connectivity index (χ4v) is 1.94. The highest BCUT2D eigenvalue weighted by Crippen LogP contribution is 2.18. The van der Waals surface area contributed by atoms with Crippen LogP contribution < -0.4 is 10.8 Å². The second-order valence-electron chi connectivity index (χ2n) is 4.89. The van der Waals surface area contributed by atoms with E-state index in [1.807, 2.05) is 26.0 Å². The average Bonchev–Trinajstić information content (AvgIpc) is 2.42. The van der Waals surface area contributed by atoms with Crippen molar-refractivity contribution >= 4 is 24.2 Å². The van der Waals surface area contributed by atoms with E-state index in [1.54, 1.807) is 6.07 Å². The minimum atomic E-state index is -1.77. The van der Waals surface area contributed by atoms with Crippen LogP contribution in [0.1, 0.15) is 21.5 Å². The Bertz CT molecular complexity index is 689. The van der Waals surface area contributed by atoms with Crippen molar-refractivity contribution in [3.05, 3.63) is 58.9 Å². The molecule has 3 N–H and O–H groups in total. The van der Waals surface area contributed by atoms with Crippen molar-refractivity contribution in [3.63, 3.8) is 0 Å². The summed E-state index contributed by atoms with van der Waals surface area (Å²) in [5.41, 5.74) is 2.31. The smallest absolute Gasteiger partial charge is 0.423 e. The Labute approximate surface area is 122 Å². The normalized spacial score (nSPS) is 10.3. The summed E-state index contributed by atoms with van der Waals surface area (Å²) in [6.07, 6.45) is 0. The first kappa shape index (κ1) is 15.2. The number of benzene rings is 2. The predicted molar refractivity (Wildman–Crippen MR) is 80.1 cm³/mol. The molecule has 0 heterocycles. The summed E-state index contributed by atoms with van der Waals surface area (Å²) < 4.78 is 13.9. The van der Waals surface area contributed by atoms with Gasteiger partial charge in [0.1, 0.15) is 5.82 Å². The molecule has 2 aromatic carbocycles. The fraction of sp³-hybridized carbons (Fsp3) is 0.133. The first-order valence-corrected chi connectivity index (χ1v) is 6.42. The van der Waals surface area contributed by atoms with E-state index in [-0.39, 0.29) is 11.0 Å². The van der Waals surface area contributed by atoms with Crippen LogP contribution in [-0.4, -0.2) is 23.1 Å². The van der Waals surface area contributed by atoms with E-state index < -0.39 is 18.8 Å². The SMILES string of the molecule is Cc1ccc(C)c(NC(=O)c2ccc(B(O)O)cc2F)c1. The molecule has 6 heteroatoms. The first-order chi connectivity index (χ1) is 9.88. The average molecular weight is 287 g/mol. The van der Waals surface area contributed by atoms with Crippen LogP contribution in [0.15, 0.2) is 36.4 Å². The molecule has 0 unspecified atom stereocenters. The second-order valence-corrected chi connectivity index (χ2v) is 4.89. The second kappa shape index (κ2) is 6.07. The minimum Gasteiger partial charge on any atom is -0.423 e. The molecule has 0 radical (unpaired) electrons. The number of nitrogens with one attached hydrogen (secondary N) is 1. The Morgan fingerprint density at radius 2 is 1.86 bits per heavy atom. The highest BCUT2D eigenvalue weighted by Gasteiger charge is 2.17. The molecule has 21 heavy (non-hydrogen) atoms. The maximum absolute atomic E-state index is 13.9. The van der Waals surface area contributed by atoms with E-state index in [2.05, 4.69) is 5.32 Å². The number of rotatable bonds is 3. The molecule has 0 aliphatic rings. The number of halogens is 1. The molecule has 0 fully saturated rings. The number of anilines is 1. The van der Waals surface area contributed by atoms with E-state index in [0.29, 0.717) is 5.69 Å². The molecular weight excluding hydrogens is 272 g/mol. The van der Waals surface area contributed by atoms with Crippen molar-refractivity contribution in [2.75, 3.05) is 5.32 Å². The molecule has 1 amide bonds. The van der Waals surface area contributed by atoms with Crippen molar-refractivity contribution < 1.29 is 19.2 Å². The topological polar surface area (TPSA) is 69.6 Å². The molecule has 0 spiro atoms. The van der Waals surface area contributed by atoms with Gasteiger partial charge in [0.2, 0.25) is 0 Å². The van der Waals surface area contributed by atoms with Gasteiger partial charge in [0.05, 0.1) is 5.56 Å². The lowest BCUT2D eigenvalue weighted by Gasteiger charge is -2.10. The number of hydrogen-bond donors (Lipinski definition) is 3. The minimum absolute atomic E-state index is 0.00390. The van der Waals surface area contributed by atoms with Gasteiger partial charge >= 0.3 is 7.12 Å². The van der Waals surface area contributed by atoms with E-state index >= 15 is 0 Å². The molecule has 0 saturated carbocycles. The summed E-state index contributed by atoms with van der Waals surface area (Å²) in [5.74, 6) is -1.39. The third-order valence-electron chi connectivity index (χ3n) is 3.18. The highest BCUT2D eigenvalue weighted by atomic mass is 19.1. The van der Waals surface area contributed by atoms with Gasteiger partial charge in [-0.3, -0.25) is 4.79 Å². The van der Waals surface area contributed by atoms with E-state index in [9.17, 15) is 9.18 Å². The van der Waals surface area contributed by atoms with E-state index in [4.69, 9.17) is 10.0 Å². The van der Waals surface area contributed by atoms with Gasteiger partial charge in [-0.15, -0.1) is 0 Å². The molecule has 108 valence electrons. The Morgan fingerprint density at radius 1 is 1.14 bits per heavy atom. The highest BCUT2D eigenvalue weighted by molar-refractivity contribution is 6.58. The monoisotopic (exact) mass is 287 g/mol. The Hall–Kier alpha value is -2.18. The quantitative estimate of drug-likeness (QED) is 0.747. The van der Waals surface area contributed by atoms with E-state index in [1.165, 1.54) is 12.1 Å². The third kappa shape index (κ3) is 3.48. The molecular formula is C15H15BFNO3. The largest absolute Gasteiger partial charge is 0.488 e. The lowest BCUT2D eigenvalue weighted by atomic mass is 9.80. The summed E-state index contributed by atoms with van der Waals surface area (Å²) in [5, 5.41) is 20.6. The lowest BCUT2D eigenvalue weighted by molar-refractivity contribution is 0.102. The molecule has 0 atom stereocenters. The van der Waals surface area contributed by atoms with Crippen LogP contribution >= 0.6 is 0 Å². The molecule has 0 aliphatic carbocycles. The molecule has 0 aliphatic heterocycles. The first-order valence-electron chi connectivity index (χ1n) is 6.42. The van der Waals surface area contributed by atoms with Crippen LogP contribution in [0, 0.1) is 19.7 Å². The van der Waals surface area contributed by atoms with Gasteiger partial charge in [0, 0.05) is 5.69 Å². The molecule has 0 aromatic heterocycles. The van der Waals surface area contributed by atoms with Gasteiger partial charge in [-0.25, -0.2) is 4.39 Å². The van der Waals surface area contributed by atoms with Crippen molar-refractivity contribution in [2.24, 2.45) is 0 Å². The van der Waals surface area contributed by atoms with Crippen LogP contribution in [-0.2, 0) is 0 Å². The number of hydrogen-bond acceptors (Lipinski definition) is 3. The number of aryl methyl sites for hydroxylation is 2. The van der Waals surface area contributed by atoms with Crippen LogP contribution in [0.5, 0.6) is 0 Å². The maximum Gasteiger partial charge on any atom is 0.488 e. The summed E-state index contributed by atoms with van der Waals surface area (Å²) in [6, 6.07) is 9.05. The Balaban J connectivity index is 2.26. The van der Waals surface area contributed by atoms with Crippen LogP contribution in [0.4, 0.5) is 10.1 Å². The zero-order chi connectivity index (χ0) is 15.6. The van der Waals surface area contributed by atoms with Gasteiger partial charge in [-0.2, -0.15) is 0 Å². The number of carbonyl (C=O) groups is 1. The van der Waals surface area contributed by atoms with Crippen molar-refractivity contribution in [3.8, 4) is 0 Å². The predicted octanol–water partition coefficient (Wildman–Crippen LogP) is 1.37. The molecule has 4 nitrogen and oxygen atoms in total. The zero-order valence-electron chi connectivity index (χ0n) is 11.7. The summed E-state index contributed by atoms with van der Waals surface area (Å²) in [6.45, 7) is 3.74. The number of carbonyl (C=O) groups excluding carboxylic acids is 1. The summed E-state index contributed by atoms with van der Waals surface area (Å²) in [4.78, 5) is 12.1. The van der Waals surface area contributed by atoms with Crippen molar-refractivity contribution in [1.29, 1.82) is 0 Å². The van der Waals surface area contributed by atoms with Gasteiger partial charge in [0.15, 0.2) is 0 Å². The molecule has 0 bridgehead atoms. The summed E-state index contributed by atoms with van der Waals surface area (Å²) in [7, 11) is -1.77. The Morgan fingerprint density at radius 3 is 2.48 bits per heavy atom. The maximum atomic E-state index is 13.9. The van der Waals surface area contributed by atoms with Crippen LogP contribution in [0.2, 0.25) is 0 Å². The van der Waals surface area contributed by atoms with Gasteiger partial charge < -0.3 is 15.4 Å². The summed E-state index contributed by atoms with van der Waals surface area (Å²) >= 11 is 0. The van der Waals surface area contributed by atoms with Crippen LogP contribution in [0.25, 0.3) is 0 Å². The van der Waals surface area contributed by atoms with Gasteiger partial charge in [-0.1, -0.05) is 18.2 Å².